The Morgan fingerprint density at radius 2 is 2.10 bits per heavy atom. The number of thiazole rings is 1. The average Bonchev–Trinajstić information content (AvgIpc) is 3.42. The van der Waals surface area contributed by atoms with Crippen LogP contribution in [0.5, 0.6) is 0 Å². The molecule has 2 amide bonds. The van der Waals surface area contributed by atoms with E-state index in [9.17, 15) is 14.7 Å². The van der Waals surface area contributed by atoms with Gasteiger partial charge in [0, 0.05) is 18.5 Å². The molecule has 1 aliphatic heterocycles. The summed E-state index contributed by atoms with van der Waals surface area (Å²) in [6.07, 6.45) is 1.04. The summed E-state index contributed by atoms with van der Waals surface area (Å²) in [6.45, 7) is 2.43. The van der Waals surface area contributed by atoms with Gasteiger partial charge in [-0.05, 0) is 31.0 Å². The van der Waals surface area contributed by atoms with E-state index in [1.165, 1.54) is 17.6 Å². The lowest BCUT2D eigenvalue weighted by Gasteiger charge is -2.46. The van der Waals surface area contributed by atoms with Gasteiger partial charge in [-0.1, -0.05) is 30.3 Å². The van der Waals surface area contributed by atoms with Gasteiger partial charge in [0.1, 0.15) is 0 Å². The summed E-state index contributed by atoms with van der Waals surface area (Å²) in [5, 5.41) is 16.9. The molecule has 3 heterocycles. The third-order valence-corrected chi connectivity index (χ3v) is 6.28. The van der Waals surface area contributed by atoms with Crippen molar-refractivity contribution in [1.82, 2.24) is 15.2 Å². The molecule has 3 aromatic rings. The molecule has 2 atom stereocenters. The Balaban J connectivity index is 1.54. The molecule has 1 aliphatic rings. The Hall–Kier alpha value is -2.97. The second kappa shape index (κ2) is 8.41. The Morgan fingerprint density at radius 3 is 2.73 bits per heavy atom. The van der Waals surface area contributed by atoms with Crippen molar-refractivity contribution in [3.05, 3.63) is 76.1 Å². The summed E-state index contributed by atoms with van der Waals surface area (Å²) in [5.41, 5.74) is 0.515. The number of carbonyl (C=O) groups excluding carboxylic acids is 2. The molecule has 0 bridgehead atoms. The summed E-state index contributed by atoms with van der Waals surface area (Å²) in [6, 6.07) is 12.6. The monoisotopic (exact) mass is 425 g/mol. The zero-order valence-electron chi connectivity index (χ0n) is 16.6. The standard InChI is InChI=1S/C22H23N3O4S/c1-15-23-17(14-30-15)12-20(27)25-10-9-22(19(26)13-25,16-6-3-2-4-7-16)24-21(28)18-8-5-11-29-18/h2-8,11,14,19,26H,9-10,12-13H2,1H3,(H,24,28)/t19-,22-/m1/s1. The molecule has 0 saturated carbocycles. The van der Waals surface area contributed by atoms with Gasteiger partial charge in [0.25, 0.3) is 5.91 Å². The average molecular weight is 426 g/mol. The zero-order chi connectivity index (χ0) is 21.1. The molecule has 156 valence electrons. The highest BCUT2D eigenvalue weighted by atomic mass is 32.1. The fourth-order valence-electron chi connectivity index (χ4n) is 3.88. The van der Waals surface area contributed by atoms with E-state index in [4.69, 9.17) is 4.42 Å². The van der Waals surface area contributed by atoms with Crippen molar-refractivity contribution in [1.29, 1.82) is 0 Å². The zero-order valence-corrected chi connectivity index (χ0v) is 17.4. The molecule has 1 saturated heterocycles. The molecule has 4 rings (SSSR count). The van der Waals surface area contributed by atoms with Crippen molar-refractivity contribution in [2.24, 2.45) is 0 Å². The predicted octanol–water partition coefficient (Wildman–Crippen LogP) is 2.51. The van der Waals surface area contributed by atoms with Crippen molar-refractivity contribution in [3.8, 4) is 0 Å². The molecule has 8 heteroatoms. The highest BCUT2D eigenvalue weighted by Crippen LogP contribution is 2.34. The van der Waals surface area contributed by atoms with Crippen LogP contribution in [-0.4, -0.2) is 46.0 Å². The Morgan fingerprint density at radius 1 is 1.30 bits per heavy atom. The molecule has 2 N–H and O–H groups in total. The normalized spacial score (nSPS) is 21.4. The molecule has 7 nitrogen and oxygen atoms in total. The number of aromatic nitrogens is 1. The van der Waals surface area contributed by atoms with E-state index in [-0.39, 0.29) is 24.6 Å². The van der Waals surface area contributed by atoms with E-state index in [0.717, 1.165) is 16.3 Å². The van der Waals surface area contributed by atoms with Gasteiger partial charge >= 0.3 is 0 Å². The number of hydrogen-bond donors (Lipinski definition) is 2. The van der Waals surface area contributed by atoms with Crippen LogP contribution in [-0.2, 0) is 16.8 Å². The van der Waals surface area contributed by atoms with Crippen LogP contribution >= 0.6 is 11.3 Å². The van der Waals surface area contributed by atoms with Crippen LogP contribution in [0.3, 0.4) is 0 Å². The third-order valence-electron chi connectivity index (χ3n) is 5.46. The van der Waals surface area contributed by atoms with Gasteiger partial charge < -0.3 is 19.7 Å². The minimum atomic E-state index is -1.01. The summed E-state index contributed by atoms with van der Waals surface area (Å²) in [7, 11) is 0. The second-order valence-corrected chi connectivity index (χ2v) is 8.47. The van der Waals surface area contributed by atoms with Gasteiger partial charge in [0.05, 0.1) is 35.0 Å². The number of hydrogen-bond acceptors (Lipinski definition) is 6. The molecule has 1 aromatic carbocycles. The first kappa shape index (κ1) is 20.3. The summed E-state index contributed by atoms with van der Waals surface area (Å²) in [5.74, 6) is -0.311. The number of piperidine rings is 1. The van der Waals surface area contributed by atoms with Gasteiger partial charge in [-0.25, -0.2) is 4.98 Å². The largest absolute Gasteiger partial charge is 0.459 e. The number of rotatable bonds is 5. The Labute approximate surface area is 178 Å². The molecular weight excluding hydrogens is 402 g/mol. The minimum Gasteiger partial charge on any atom is -0.459 e. The molecule has 0 radical (unpaired) electrons. The van der Waals surface area contributed by atoms with Crippen molar-refractivity contribution in [2.45, 2.75) is 31.4 Å². The van der Waals surface area contributed by atoms with Gasteiger partial charge in [-0.15, -0.1) is 11.3 Å². The van der Waals surface area contributed by atoms with Crippen LogP contribution in [0.1, 0.15) is 33.2 Å². The molecule has 0 aliphatic carbocycles. The second-order valence-electron chi connectivity index (χ2n) is 7.41. The van der Waals surface area contributed by atoms with Crippen LogP contribution in [0.2, 0.25) is 0 Å². The maximum absolute atomic E-state index is 12.8. The highest BCUT2D eigenvalue weighted by Gasteiger charge is 2.46. The third kappa shape index (κ3) is 4.01. The van der Waals surface area contributed by atoms with Crippen molar-refractivity contribution >= 4 is 23.2 Å². The van der Waals surface area contributed by atoms with E-state index in [1.807, 2.05) is 42.6 Å². The van der Waals surface area contributed by atoms with Crippen LogP contribution < -0.4 is 5.32 Å². The van der Waals surface area contributed by atoms with Crippen molar-refractivity contribution in [3.63, 3.8) is 0 Å². The van der Waals surface area contributed by atoms with Gasteiger partial charge in [-0.2, -0.15) is 0 Å². The molecule has 1 fully saturated rings. The van der Waals surface area contributed by atoms with E-state index in [2.05, 4.69) is 10.3 Å². The lowest BCUT2D eigenvalue weighted by molar-refractivity contribution is -0.136. The Kier molecular flexibility index (Phi) is 5.69. The number of aryl methyl sites for hydroxylation is 1. The van der Waals surface area contributed by atoms with Gasteiger partial charge in [0.2, 0.25) is 5.91 Å². The molecule has 0 unspecified atom stereocenters. The number of carbonyl (C=O) groups is 2. The van der Waals surface area contributed by atoms with E-state index in [0.29, 0.717) is 13.0 Å². The number of likely N-dealkylation sites (tertiary alicyclic amines) is 1. The lowest BCUT2D eigenvalue weighted by atomic mass is 9.78. The first-order valence-corrected chi connectivity index (χ1v) is 10.6. The maximum atomic E-state index is 12.8. The van der Waals surface area contributed by atoms with Gasteiger partial charge in [0.15, 0.2) is 5.76 Å². The van der Waals surface area contributed by atoms with E-state index in [1.54, 1.807) is 17.0 Å². The van der Waals surface area contributed by atoms with E-state index < -0.39 is 17.6 Å². The summed E-state index contributed by atoms with van der Waals surface area (Å²) >= 11 is 1.51. The molecule has 2 aromatic heterocycles. The topological polar surface area (TPSA) is 95.7 Å². The first-order chi connectivity index (χ1) is 14.5. The number of aliphatic hydroxyl groups is 1. The van der Waals surface area contributed by atoms with Crippen LogP contribution in [0.4, 0.5) is 0 Å². The number of benzene rings is 1. The minimum absolute atomic E-state index is 0.0848. The van der Waals surface area contributed by atoms with Crippen molar-refractivity contribution < 1.29 is 19.1 Å². The number of β-amino-alcohol motifs (C(OH)–C–C–N with tert-alkyl or cyclic N) is 1. The lowest BCUT2D eigenvalue weighted by Crippen LogP contribution is -2.62. The van der Waals surface area contributed by atoms with Gasteiger partial charge in [-0.3, -0.25) is 9.59 Å². The fraction of sp³-hybridized carbons (Fsp3) is 0.318. The van der Waals surface area contributed by atoms with Crippen LogP contribution in [0, 0.1) is 6.92 Å². The quantitative estimate of drug-likeness (QED) is 0.655. The van der Waals surface area contributed by atoms with Crippen LogP contribution in [0.15, 0.2) is 58.5 Å². The highest BCUT2D eigenvalue weighted by molar-refractivity contribution is 7.09. The van der Waals surface area contributed by atoms with Crippen molar-refractivity contribution in [2.75, 3.05) is 13.1 Å². The fourth-order valence-corrected chi connectivity index (χ4v) is 4.49. The summed E-state index contributed by atoms with van der Waals surface area (Å²) in [4.78, 5) is 31.5. The number of nitrogens with one attached hydrogen (secondary N) is 1. The Bertz CT molecular complexity index is 1020. The number of aliphatic hydroxyl groups excluding tert-OH is 1. The number of amides is 2. The predicted molar refractivity (Wildman–Crippen MR) is 112 cm³/mol. The maximum Gasteiger partial charge on any atom is 0.287 e. The SMILES string of the molecule is Cc1nc(CC(=O)N2CC[C@@](NC(=O)c3ccco3)(c3ccccc3)[C@H](O)C2)cs1. The first-order valence-electron chi connectivity index (χ1n) is 9.76. The van der Waals surface area contributed by atoms with E-state index >= 15 is 0 Å². The molecular formula is C22H23N3O4S. The smallest absolute Gasteiger partial charge is 0.287 e. The number of nitrogens with zero attached hydrogens (tertiary/aromatic N) is 2. The summed E-state index contributed by atoms with van der Waals surface area (Å²) < 4.78 is 5.22. The number of furan rings is 1. The van der Waals surface area contributed by atoms with Crippen LogP contribution in [0.25, 0.3) is 0 Å². The molecule has 30 heavy (non-hydrogen) atoms. The molecule has 0 spiro atoms.